The number of hydrogen-bond acceptors (Lipinski definition) is 3. The van der Waals surface area contributed by atoms with Gasteiger partial charge in [-0.15, -0.1) is 0 Å². The van der Waals surface area contributed by atoms with Crippen LogP contribution in [0.25, 0.3) is 0 Å². The van der Waals surface area contributed by atoms with Gasteiger partial charge in [-0.05, 0) is 42.8 Å². The normalized spacial score (nSPS) is 12.1. The Morgan fingerprint density at radius 1 is 0.586 bits per heavy atom. The van der Waals surface area contributed by atoms with Gasteiger partial charge in [-0.2, -0.15) is 0 Å². The summed E-state index contributed by atoms with van der Waals surface area (Å²) in [7, 11) is 0.646. The number of rotatable bonds is 10. The van der Waals surface area contributed by atoms with Crippen molar-refractivity contribution in [3.8, 4) is 0 Å². The Labute approximate surface area is 176 Å². The van der Waals surface area contributed by atoms with Crippen molar-refractivity contribution in [3.63, 3.8) is 0 Å². The highest BCUT2D eigenvalue weighted by molar-refractivity contribution is 7.95. The Kier molecular flexibility index (Phi) is 7.76. The molecule has 3 aromatic rings. The average molecular weight is 426 g/mol. The molecule has 0 saturated heterocycles. The first-order valence-corrected chi connectivity index (χ1v) is 13.8. The molecule has 0 aliphatic heterocycles. The molecule has 3 rings (SSSR count). The van der Waals surface area contributed by atoms with Gasteiger partial charge in [0.1, 0.15) is 23.2 Å². The van der Waals surface area contributed by atoms with Gasteiger partial charge in [0.05, 0.1) is 6.16 Å². The van der Waals surface area contributed by atoms with Crippen LogP contribution in [-0.4, -0.2) is 36.3 Å². The fourth-order valence-corrected chi connectivity index (χ4v) is 10.3. The monoisotopic (exact) mass is 425 g/mol. The molecule has 0 aliphatic rings. The maximum Gasteiger partial charge on any atom is 0.500 e. The van der Waals surface area contributed by atoms with Crippen LogP contribution in [0.3, 0.4) is 0 Å². The first-order chi connectivity index (χ1) is 14.2. The van der Waals surface area contributed by atoms with Crippen molar-refractivity contribution in [2.45, 2.75) is 12.5 Å². The van der Waals surface area contributed by atoms with Crippen molar-refractivity contribution in [1.29, 1.82) is 0 Å². The third-order valence-corrected chi connectivity index (χ3v) is 12.9. The summed E-state index contributed by atoms with van der Waals surface area (Å²) in [6.45, 7) is 0. The SMILES string of the molecule is CO[Si](CCC[P+](c1ccccc1)(c1ccccc1)c1ccccc1)(OC)OC. The molecule has 152 valence electrons. The highest BCUT2D eigenvalue weighted by Crippen LogP contribution is 2.56. The Morgan fingerprint density at radius 2 is 0.931 bits per heavy atom. The fourth-order valence-electron chi connectivity index (χ4n) is 3.97. The lowest BCUT2D eigenvalue weighted by molar-refractivity contribution is 0.123. The molecule has 0 fully saturated rings. The molecule has 0 saturated carbocycles. The van der Waals surface area contributed by atoms with Crippen molar-refractivity contribution in [2.75, 3.05) is 27.5 Å². The molecule has 0 amide bonds. The summed E-state index contributed by atoms with van der Waals surface area (Å²) in [6.07, 6.45) is 2.00. The maximum absolute atomic E-state index is 5.67. The predicted octanol–water partition coefficient (Wildman–Crippen LogP) is 4.25. The Morgan fingerprint density at radius 3 is 1.24 bits per heavy atom. The van der Waals surface area contributed by atoms with E-state index in [0.29, 0.717) is 0 Å². The average Bonchev–Trinajstić information content (AvgIpc) is 2.82. The van der Waals surface area contributed by atoms with Gasteiger partial charge in [0, 0.05) is 27.4 Å². The Bertz CT molecular complexity index is 750. The molecule has 0 atom stereocenters. The van der Waals surface area contributed by atoms with Crippen LogP contribution in [0.1, 0.15) is 6.42 Å². The summed E-state index contributed by atoms with van der Waals surface area (Å²) in [5.41, 5.74) is 0. The molecular weight excluding hydrogens is 395 g/mol. The van der Waals surface area contributed by atoms with E-state index in [4.69, 9.17) is 13.3 Å². The van der Waals surface area contributed by atoms with Crippen LogP contribution in [-0.2, 0) is 13.3 Å². The van der Waals surface area contributed by atoms with Gasteiger partial charge in [0.15, 0.2) is 0 Å². The molecule has 0 N–H and O–H groups in total. The molecule has 0 aromatic heterocycles. The van der Waals surface area contributed by atoms with Crippen LogP contribution < -0.4 is 15.9 Å². The van der Waals surface area contributed by atoms with E-state index < -0.39 is 16.1 Å². The van der Waals surface area contributed by atoms with Gasteiger partial charge in [-0.3, -0.25) is 0 Å². The summed E-state index contributed by atoms with van der Waals surface area (Å²) in [4.78, 5) is 0. The van der Waals surface area contributed by atoms with Crippen molar-refractivity contribution in [2.24, 2.45) is 0 Å². The van der Waals surface area contributed by atoms with Gasteiger partial charge >= 0.3 is 8.80 Å². The Balaban J connectivity index is 2.08. The van der Waals surface area contributed by atoms with E-state index in [9.17, 15) is 0 Å². The molecule has 0 radical (unpaired) electrons. The molecule has 0 spiro atoms. The number of benzene rings is 3. The zero-order chi connectivity index (χ0) is 20.6. The van der Waals surface area contributed by atoms with Gasteiger partial charge in [0.2, 0.25) is 0 Å². The van der Waals surface area contributed by atoms with Gasteiger partial charge in [-0.1, -0.05) is 54.6 Å². The predicted molar refractivity (Wildman–Crippen MR) is 126 cm³/mol. The summed E-state index contributed by atoms with van der Waals surface area (Å²) < 4.78 is 17.0. The molecule has 29 heavy (non-hydrogen) atoms. The molecule has 0 unspecified atom stereocenters. The van der Waals surface area contributed by atoms with E-state index >= 15 is 0 Å². The standard InChI is InChI=1S/C24H30O3PSi/c1-25-29(26-2,27-3)21-13-20-28(22-14-7-4-8-15-22,23-16-9-5-10-17-23)24-18-11-6-12-19-24/h4-12,14-19H,13,20-21H2,1-3H3/q+1. The molecule has 3 aromatic carbocycles. The summed E-state index contributed by atoms with van der Waals surface area (Å²) in [6, 6.07) is 33.6. The third kappa shape index (κ3) is 4.68. The van der Waals surface area contributed by atoms with E-state index in [1.807, 2.05) is 0 Å². The van der Waals surface area contributed by atoms with E-state index in [1.165, 1.54) is 15.9 Å². The lowest BCUT2D eigenvalue weighted by Gasteiger charge is -2.29. The van der Waals surface area contributed by atoms with Crippen LogP contribution in [0, 0.1) is 0 Å². The maximum atomic E-state index is 5.67. The lowest BCUT2D eigenvalue weighted by atomic mass is 10.4. The smallest absolute Gasteiger partial charge is 0.377 e. The molecular formula is C24H30O3PSi+. The molecule has 0 heterocycles. The van der Waals surface area contributed by atoms with Crippen molar-refractivity contribution in [3.05, 3.63) is 91.0 Å². The largest absolute Gasteiger partial charge is 0.500 e. The second-order valence-electron chi connectivity index (χ2n) is 6.94. The minimum Gasteiger partial charge on any atom is -0.377 e. The van der Waals surface area contributed by atoms with E-state index in [2.05, 4.69) is 91.0 Å². The second-order valence-corrected chi connectivity index (χ2v) is 13.6. The van der Waals surface area contributed by atoms with Gasteiger partial charge < -0.3 is 13.3 Å². The summed E-state index contributed by atoms with van der Waals surface area (Å²) in [5.74, 6) is 0. The zero-order valence-corrected chi connectivity index (χ0v) is 19.3. The Hall–Kier alpha value is -1.81. The second kappa shape index (κ2) is 10.3. The fraction of sp³-hybridized carbons (Fsp3) is 0.250. The van der Waals surface area contributed by atoms with Crippen LogP contribution >= 0.6 is 7.26 Å². The van der Waals surface area contributed by atoms with Crippen LogP contribution in [0.5, 0.6) is 0 Å². The highest BCUT2D eigenvalue weighted by atomic mass is 31.2. The third-order valence-electron chi connectivity index (χ3n) is 5.50. The van der Waals surface area contributed by atoms with Gasteiger partial charge in [0.25, 0.3) is 0 Å². The molecule has 5 heteroatoms. The topological polar surface area (TPSA) is 27.7 Å². The van der Waals surface area contributed by atoms with Crippen LogP contribution in [0.2, 0.25) is 6.04 Å². The zero-order valence-electron chi connectivity index (χ0n) is 17.5. The van der Waals surface area contributed by atoms with Crippen molar-refractivity contribution >= 4 is 32.0 Å². The van der Waals surface area contributed by atoms with E-state index in [1.54, 1.807) is 21.3 Å². The van der Waals surface area contributed by atoms with E-state index in [-0.39, 0.29) is 0 Å². The van der Waals surface area contributed by atoms with Gasteiger partial charge in [-0.25, -0.2) is 0 Å². The molecule has 3 nitrogen and oxygen atoms in total. The first-order valence-electron chi connectivity index (χ1n) is 9.91. The van der Waals surface area contributed by atoms with Crippen molar-refractivity contribution in [1.82, 2.24) is 0 Å². The quantitative estimate of drug-likeness (QED) is 0.359. The van der Waals surface area contributed by atoms with Crippen LogP contribution in [0.15, 0.2) is 91.0 Å². The van der Waals surface area contributed by atoms with Crippen molar-refractivity contribution < 1.29 is 13.3 Å². The molecule has 0 bridgehead atoms. The number of hydrogen-bond donors (Lipinski definition) is 0. The van der Waals surface area contributed by atoms with E-state index in [0.717, 1.165) is 18.6 Å². The van der Waals surface area contributed by atoms with Crippen LogP contribution in [0.4, 0.5) is 0 Å². The first kappa shape index (κ1) is 21.9. The lowest BCUT2D eigenvalue weighted by Crippen LogP contribution is -2.43. The highest BCUT2D eigenvalue weighted by Gasteiger charge is 2.46. The summed E-state index contributed by atoms with van der Waals surface area (Å²) >= 11 is 0. The summed E-state index contributed by atoms with van der Waals surface area (Å²) in [5, 5.41) is 4.20. The molecule has 0 aliphatic carbocycles. The minimum absolute atomic E-state index is 0.796. The minimum atomic E-state index is -2.60.